The summed E-state index contributed by atoms with van der Waals surface area (Å²) in [7, 11) is 0. The molecule has 1 saturated heterocycles. The van der Waals surface area contributed by atoms with Crippen LogP contribution in [0.25, 0.3) is 0 Å². The van der Waals surface area contributed by atoms with Crippen molar-refractivity contribution in [3.63, 3.8) is 0 Å². The minimum absolute atomic E-state index is 0.0359. The van der Waals surface area contributed by atoms with E-state index in [-0.39, 0.29) is 12.0 Å². The zero-order valence-corrected chi connectivity index (χ0v) is 6.33. The van der Waals surface area contributed by atoms with Gasteiger partial charge in [-0.25, -0.2) is 0 Å². The van der Waals surface area contributed by atoms with Crippen LogP contribution in [0.3, 0.4) is 0 Å². The van der Waals surface area contributed by atoms with Gasteiger partial charge in [0.25, 0.3) is 0 Å². The van der Waals surface area contributed by atoms with Crippen LogP contribution in [-0.2, 0) is 9.53 Å². The van der Waals surface area contributed by atoms with E-state index in [1.165, 1.54) is 0 Å². The van der Waals surface area contributed by atoms with E-state index in [4.69, 9.17) is 9.84 Å². The number of hydrogen-bond acceptors (Lipinski definition) is 3. The van der Waals surface area contributed by atoms with E-state index in [0.29, 0.717) is 6.61 Å². The smallest absolute Gasteiger partial charge is 0.311 e. The number of rotatable bonds is 1. The number of carboxylic acids is 1. The fourth-order valence-corrected chi connectivity index (χ4v) is 1.86. The van der Waals surface area contributed by atoms with Gasteiger partial charge in [-0.3, -0.25) is 4.79 Å². The van der Waals surface area contributed by atoms with E-state index in [2.05, 4.69) is 5.32 Å². The van der Waals surface area contributed by atoms with Gasteiger partial charge in [0.1, 0.15) is 5.92 Å². The van der Waals surface area contributed by atoms with E-state index in [0.717, 1.165) is 6.54 Å². The van der Waals surface area contributed by atoms with E-state index >= 15 is 0 Å². The first-order chi connectivity index (χ1) is 5.16. The summed E-state index contributed by atoms with van der Waals surface area (Å²) in [5.74, 6) is -1.10. The van der Waals surface area contributed by atoms with Gasteiger partial charge >= 0.3 is 5.97 Å². The van der Waals surface area contributed by atoms with Crippen molar-refractivity contribution >= 4 is 5.97 Å². The zero-order valence-electron chi connectivity index (χ0n) is 6.33. The fourth-order valence-electron chi connectivity index (χ4n) is 1.86. The molecule has 1 aliphatic carbocycles. The summed E-state index contributed by atoms with van der Waals surface area (Å²) >= 11 is 0. The van der Waals surface area contributed by atoms with Gasteiger partial charge in [0.05, 0.1) is 18.2 Å². The van der Waals surface area contributed by atoms with Crippen LogP contribution in [0.1, 0.15) is 6.92 Å². The van der Waals surface area contributed by atoms with Crippen LogP contribution in [0.5, 0.6) is 0 Å². The molecule has 0 aromatic heterocycles. The summed E-state index contributed by atoms with van der Waals surface area (Å²) < 4.78 is 5.37. The molecule has 0 spiro atoms. The molecule has 11 heavy (non-hydrogen) atoms. The number of carboxylic acid groups (broad SMARTS) is 1. The Kier molecular flexibility index (Phi) is 1.25. The van der Waals surface area contributed by atoms with Gasteiger partial charge in [0.2, 0.25) is 0 Å². The Bertz CT molecular complexity index is 206. The lowest BCUT2D eigenvalue weighted by molar-refractivity contribution is -0.140. The van der Waals surface area contributed by atoms with E-state index < -0.39 is 11.6 Å². The SMILES string of the molecule is CC12OCCNC1C2C(=O)O. The minimum Gasteiger partial charge on any atom is -0.481 e. The summed E-state index contributed by atoms with van der Waals surface area (Å²) in [5.41, 5.74) is -0.427. The molecule has 1 saturated carbocycles. The number of hydrogen-bond donors (Lipinski definition) is 2. The van der Waals surface area contributed by atoms with Crippen molar-refractivity contribution in [2.24, 2.45) is 5.92 Å². The standard InChI is InChI=1S/C7H11NO3/c1-7-4(6(9)10)5(7)8-2-3-11-7/h4-5,8H,2-3H2,1H3,(H,9,10). The third kappa shape index (κ3) is 0.795. The lowest BCUT2D eigenvalue weighted by atomic mass is 10.3. The molecular weight excluding hydrogens is 146 g/mol. The number of carbonyl (C=O) groups is 1. The van der Waals surface area contributed by atoms with Crippen molar-refractivity contribution in [2.45, 2.75) is 18.6 Å². The number of nitrogens with one attached hydrogen (secondary N) is 1. The third-order valence-corrected chi connectivity index (χ3v) is 2.60. The van der Waals surface area contributed by atoms with Crippen molar-refractivity contribution in [1.29, 1.82) is 0 Å². The molecule has 0 aromatic rings. The molecule has 3 atom stereocenters. The van der Waals surface area contributed by atoms with Gasteiger partial charge < -0.3 is 15.2 Å². The first kappa shape index (κ1) is 7.06. The van der Waals surface area contributed by atoms with Crippen LogP contribution in [0.15, 0.2) is 0 Å². The predicted octanol–water partition coefficient (Wildman–Crippen LogP) is -0.552. The van der Waals surface area contributed by atoms with Crippen molar-refractivity contribution in [2.75, 3.05) is 13.2 Å². The molecule has 4 heteroatoms. The van der Waals surface area contributed by atoms with E-state index in [1.807, 2.05) is 6.92 Å². The highest BCUT2D eigenvalue weighted by Gasteiger charge is 2.68. The summed E-state index contributed by atoms with van der Waals surface area (Å²) in [6, 6.07) is 0.0359. The predicted molar refractivity (Wildman–Crippen MR) is 37.3 cm³/mol. The molecule has 0 aromatic carbocycles. The number of fused-ring (bicyclic) bond motifs is 1. The number of aliphatic carboxylic acids is 1. The largest absolute Gasteiger partial charge is 0.481 e. The lowest BCUT2D eigenvalue weighted by Gasteiger charge is -2.18. The average molecular weight is 157 g/mol. The second-order valence-corrected chi connectivity index (χ2v) is 3.28. The molecule has 4 nitrogen and oxygen atoms in total. The molecule has 1 aliphatic heterocycles. The van der Waals surface area contributed by atoms with Crippen molar-refractivity contribution in [3.05, 3.63) is 0 Å². The first-order valence-corrected chi connectivity index (χ1v) is 3.76. The maximum absolute atomic E-state index is 10.6. The van der Waals surface area contributed by atoms with Crippen LogP contribution >= 0.6 is 0 Å². The molecule has 0 radical (unpaired) electrons. The Morgan fingerprint density at radius 1 is 1.82 bits per heavy atom. The van der Waals surface area contributed by atoms with Crippen molar-refractivity contribution in [3.8, 4) is 0 Å². The van der Waals surface area contributed by atoms with E-state index in [9.17, 15) is 4.79 Å². The average Bonchev–Trinajstić information content (AvgIpc) is 2.54. The van der Waals surface area contributed by atoms with Gasteiger partial charge in [-0.2, -0.15) is 0 Å². The molecule has 1 heterocycles. The van der Waals surface area contributed by atoms with Crippen LogP contribution < -0.4 is 5.32 Å². The highest BCUT2D eigenvalue weighted by molar-refractivity contribution is 5.78. The highest BCUT2D eigenvalue weighted by Crippen LogP contribution is 2.48. The minimum atomic E-state index is -0.757. The molecule has 62 valence electrons. The molecular formula is C7H11NO3. The van der Waals surface area contributed by atoms with E-state index in [1.54, 1.807) is 0 Å². The summed E-state index contributed by atoms with van der Waals surface area (Å²) in [5, 5.41) is 11.9. The molecule has 0 amide bonds. The summed E-state index contributed by atoms with van der Waals surface area (Å²) in [4.78, 5) is 10.6. The van der Waals surface area contributed by atoms with Gasteiger partial charge in [0.15, 0.2) is 0 Å². The Morgan fingerprint density at radius 3 is 3.00 bits per heavy atom. The van der Waals surface area contributed by atoms with Crippen LogP contribution in [0.4, 0.5) is 0 Å². The molecule has 2 N–H and O–H groups in total. The Balaban J connectivity index is 2.12. The zero-order chi connectivity index (χ0) is 8.06. The van der Waals surface area contributed by atoms with Crippen LogP contribution in [0.2, 0.25) is 0 Å². The second kappa shape index (κ2) is 1.95. The molecule has 2 rings (SSSR count). The number of ether oxygens (including phenoxy) is 1. The quantitative estimate of drug-likeness (QED) is 0.536. The van der Waals surface area contributed by atoms with Crippen LogP contribution in [0, 0.1) is 5.92 Å². The normalized spacial score (nSPS) is 48.1. The maximum Gasteiger partial charge on any atom is 0.311 e. The Hall–Kier alpha value is -0.610. The fraction of sp³-hybridized carbons (Fsp3) is 0.857. The van der Waals surface area contributed by atoms with Crippen molar-refractivity contribution in [1.82, 2.24) is 5.32 Å². The van der Waals surface area contributed by atoms with Crippen LogP contribution in [-0.4, -0.2) is 35.9 Å². The van der Waals surface area contributed by atoms with Gasteiger partial charge in [-0.05, 0) is 6.92 Å². The molecule has 2 aliphatic rings. The topological polar surface area (TPSA) is 58.6 Å². The molecule has 0 bridgehead atoms. The monoisotopic (exact) mass is 157 g/mol. The Labute approximate surface area is 64.5 Å². The van der Waals surface area contributed by atoms with Gasteiger partial charge in [-0.1, -0.05) is 0 Å². The number of morpholine rings is 1. The highest BCUT2D eigenvalue weighted by atomic mass is 16.5. The van der Waals surface area contributed by atoms with Gasteiger partial charge in [0, 0.05) is 6.54 Å². The second-order valence-electron chi connectivity index (χ2n) is 3.28. The van der Waals surface area contributed by atoms with Gasteiger partial charge in [-0.15, -0.1) is 0 Å². The maximum atomic E-state index is 10.6. The Morgan fingerprint density at radius 2 is 2.55 bits per heavy atom. The molecule has 3 unspecified atom stereocenters. The first-order valence-electron chi connectivity index (χ1n) is 3.76. The third-order valence-electron chi connectivity index (χ3n) is 2.60. The molecule has 2 fully saturated rings. The summed E-state index contributed by atoms with van der Waals surface area (Å²) in [6.07, 6.45) is 0. The summed E-state index contributed by atoms with van der Waals surface area (Å²) in [6.45, 7) is 3.24. The lowest BCUT2D eigenvalue weighted by Crippen LogP contribution is -2.36. The van der Waals surface area contributed by atoms with Crippen molar-refractivity contribution < 1.29 is 14.6 Å².